The third kappa shape index (κ3) is 1.85. The van der Waals surface area contributed by atoms with E-state index in [4.69, 9.17) is 0 Å². The van der Waals surface area contributed by atoms with Gasteiger partial charge < -0.3 is 5.32 Å². The summed E-state index contributed by atoms with van der Waals surface area (Å²) < 4.78 is 0. The SMILES string of the molecule is CNCc1nnn(C2CCCC2)n1. The van der Waals surface area contributed by atoms with Gasteiger partial charge in [0.25, 0.3) is 0 Å². The topological polar surface area (TPSA) is 55.6 Å². The minimum Gasteiger partial charge on any atom is -0.313 e. The standard InChI is InChI=1S/C8H15N5/c1-9-6-8-10-12-13(11-8)7-4-2-3-5-7/h7,9H,2-6H2,1H3. The van der Waals surface area contributed by atoms with Gasteiger partial charge >= 0.3 is 0 Å². The lowest BCUT2D eigenvalue weighted by Gasteiger charge is -2.04. The predicted octanol–water partition coefficient (Wildman–Crippen LogP) is 0.508. The number of hydrogen-bond acceptors (Lipinski definition) is 4. The molecule has 1 fully saturated rings. The molecule has 1 saturated carbocycles. The highest BCUT2D eigenvalue weighted by Crippen LogP contribution is 2.27. The van der Waals surface area contributed by atoms with Gasteiger partial charge in [-0.15, -0.1) is 10.2 Å². The molecule has 1 heterocycles. The Morgan fingerprint density at radius 2 is 2.23 bits per heavy atom. The lowest BCUT2D eigenvalue weighted by molar-refractivity contribution is 0.403. The van der Waals surface area contributed by atoms with Crippen LogP contribution < -0.4 is 5.32 Å². The van der Waals surface area contributed by atoms with Gasteiger partial charge in [-0.1, -0.05) is 12.8 Å². The molecular weight excluding hydrogens is 166 g/mol. The van der Waals surface area contributed by atoms with E-state index < -0.39 is 0 Å². The van der Waals surface area contributed by atoms with Gasteiger partial charge in [-0.2, -0.15) is 4.80 Å². The van der Waals surface area contributed by atoms with E-state index in [-0.39, 0.29) is 0 Å². The third-order valence-corrected chi connectivity index (χ3v) is 2.46. The molecule has 5 heteroatoms. The molecule has 1 N–H and O–H groups in total. The normalized spacial score (nSPS) is 18.2. The van der Waals surface area contributed by atoms with Crippen LogP contribution in [0.15, 0.2) is 0 Å². The highest BCUT2D eigenvalue weighted by molar-refractivity contribution is 4.77. The van der Waals surface area contributed by atoms with Crippen molar-refractivity contribution >= 4 is 0 Å². The van der Waals surface area contributed by atoms with E-state index in [0.29, 0.717) is 12.6 Å². The molecule has 0 unspecified atom stereocenters. The molecule has 2 rings (SSSR count). The summed E-state index contributed by atoms with van der Waals surface area (Å²) in [6.07, 6.45) is 5.01. The van der Waals surface area contributed by atoms with E-state index in [2.05, 4.69) is 20.7 Å². The van der Waals surface area contributed by atoms with Crippen molar-refractivity contribution in [3.8, 4) is 0 Å². The molecular formula is C8H15N5. The minimum absolute atomic E-state index is 0.498. The monoisotopic (exact) mass is 181 g/mol. The van der Waals surface area contributed by atoms with E-state index in [1.807, 2.05) is 7.05 Å². The lowest BCUT2D eigenvalue weighted by atomic mass is 10.3. The fourth-order valence-electron chi connectivity index (χ4n) is 1.77. The second-order valence-electron chi connectivity index (χ2n) is 3.49. The number of tetrazole rings is 1. The maximum absolute atomic E-state index is 4.31. The Morgan fingerprint density at radius 3 is 2.92 bits per heavy atom. The molecule has 1 aliphatic carbocycles. The van der Waals surface area contributed by atoms with Gasteiger partial charge in [0, 0.05) is 0 Å². The van der Waals surface area contributed by atoms with Crippen LogP contribution in [0.25, 0.3) is 0 Å². The number of rotatable bonds is 3. The van der Waals surface area contributed by atoms with Crippen LogP contribution in [-0.2, 0) is 6.54 Å². The van der Waals surface area contributed by atoms with E-state index >= 15 is 0 Å². The van der Waals surface area contributed by atoms with Crippen molar-refractivity contribution < 1.29 is 0 Å². The van der Waals surface area contributed by atoms with Crippen LogP contribution in [0.4, 0.5) is 0 Å². The van der Waals surface area contributed by atoms with Gasteiger partial charge in [-0.3, -0.25) is 0 Å². The Morgan fingerprint density at radius 1 is 1.46 bits per heavy atom. The van der Waals surface area contributed by atoms with Crippen molar-refractivity contribution in [2.24, 2.45) is 0 Å². The zero-order chi connectivity index (χ0) is 9.10. The molecule has 1 aromatic rings. The van der Waals surface area contributed by atoms with E-state index in [1.165, 1.54) is 25.7 Å². The van der Waals surface area contributed by atoms with E-state index in [0.717, 1.165) is 5.82 Å². The van der Waals surface area contributed by atoms with Gasteiger partial charge in [0.15, 0.2) is 5.82 Å². The Hall–Kier alpha value is -0.970. The zero-order valence-electron chi connectivity index (χ0n) is 7.90. The predicted molar refractivity (Wildman–Crippen MR) is 48.1 cm³/mol. The number of nitrogens with zero attached hydrogens (tertiary/aromatic N) is 4. The van der Waals surface area contributed by atoms with Crippen LogP contribution in [0.1, 0.15) is 37.5 Å². The van der Waals surface area contributed by atoms with Gasteiger partial charge in [-0.05, 0) is 25.1 Å². The molecule has 0 bridgehead atoms. The Kier molecular flexibility index (Phi) is 2.54. The Bertz CT molecular complexity index is 263. The first-order valence-corrected chi connectivity index (χ1v) is 4.83. The maximum atomic E-state index is 4.31. The molecule has 0 aromatic carbocycles. The maximum Gasteiger partial charge on any atom is 0.188 e. The molecule has 1 aliphatic rings. The van der Waals surface area contributed by atoms with Crippen molar-refractivity contribution in [2.75, 3.05) is 7.05 Å². The lowest BCUT2D eigenvalue weighted by Crippen LogP contribution is -2.10. The van der Waals surface area contributed by atoms with E-state index in [1.54, 1.807) is 4.80 Å². The summed E-state index contributed by atoms with van der Waals surface area (Å²) >= 11 is 0. The minimum atomic E-state index is 0.498. The van der Waals surface area contributed by atoms with Crippen LogP contribution in [0.3, 0.4) is 0 Å². The van der Waals surface area contributed by atoms with Crippen molar-refractivity contribution in [3.63, 3.8) is 0 Å². The largest absolute Gasteiger partial charge is 0.313 e. The summed E-state index contributed by atoms with van der Waals surface area (Å²) in [6.45, 7) is 0.701. The third-order valence-electron chi connectivity index (χ3n) is 2.46. The molecule has 0 amide bonds. The highest BCUT2D eigenvalue weighted by atomic mass is 15.6. The first kappa shape index (κ1) is 8.62. The molecule has 0 aliphatic heterocycles. The number of aromatic nitrogens is 4. The molecule has 72 valence electrons. The molecule has 0 atom stereocenters. The van der Waals surface area contributed by atoms with Gasteiger partial charge in [0.2, 0.25) is 0 Å². The summed E-state index contributed by atoms with van der Waals surface area (Å²) in [5.41, 5.74) is 0. The van der Waals surface area contributed by atoms with Crippen LogP contribution in [-0.4, -0.2) is 27.3 Å². The first-order chi connectivity index (χ1) is 6.40. The molecule has 0 radical (unpaired) electrons. The second-order valence-corrected chi connectivity index (χ2v) is 3.49. The summed E-state index contributed by atoms with van der Waals surface area (Å²) in [6, 6.07) is 0.498. The molecule has 13 heavy (non-hydrogen) atoms. The second kappa shape index (κ2) is 3.83. The average Bonchev–Trinajstić information content (AvgIpc) is 2.70. The van der Waals surface area contributed by atoms with Crippen molar-refractivity contribution in [3.05, 3.63) is 5.82 Å². The van der Waals surface area contributed by atoms with Gasteiger partial charge in [-0.25, -0.2) is 0 Å². The van der Waals surface area contributed by atoms with Gasteiger partial charge in [0.05, 0.1) is 12.6 Å². The fraction of sp³-hybridized carbons (Fsp3) is 0.875. The summed E-state index contributed by atoms with van der Waals surface area (Å²) in [5.74, 6) is 0.786. The summed E-state index contributed by atoms with van der Waals surface area (Å²) in [7, 11) is 1.89. The van der Waals surface area contributed by atoms with Gasteiger partial charge in [0.1, 0.15) is 0 Å². The molecule has 0 spiro atoms. The van der Waals surface area contributed by atoms with Crippen LogP contribution in [0, 0.1) is 0 Å². The zero-order valence-corrected chi connectivity index (χ0v) is 7.90. The van der Waals surface area contributed by atoms with Crippen molar-refractivity contribution in [1.82, 2.24) is 25.5 Å². The van der Waals surface area contributed by atoms with Crippen molar-refractivity contribution in [2.45, 2.75) is 38.3 Å². The fourth-order valence-corrected chi connectivity index (χ4v) is 1.77. The van der Waals surface area contributed by atoms with Crippen LogP contribution in [0.2, 0.25) is 0 Å². The number of hydrogen-bond donors (Lipinski definition) is 1. The van der Waals surface area contributed by atoms with Crippen LogP contribution >= 0.6 is 0 Å². The quantitative estimate of drug-likeness (QED) is 0.738. The Labute approximate surface area is 77.5 Å². The van der Waals surface area contributed by atoms with Crippen molar-refractivity contribution in [1.29, 1.82) is 0 Å². The summed E-state index contributed by atoms with van der Waals surface area (Å²) in [5, 5.41) is 15.3. The summed E-state index contributed by atoms with van der Waals surface area (Å²) in [4.78, 5) is 1.78. The number of nitrogens with one attached hydrogen (secondary N) is 1. The highest BCUT2D eigenvalue weighted by Gasteiger charge is 2.19. The first-order valence-electron chi connectivity index (χ1n) is 4.83. The average molecular weight is 181 g/mol. The van der Waals surface area contributed by atoms with E-state index in [9.17, 15) is 0 Å². The molecule has 5 nitrogen and oxygen atoms in total. The molecule has 0 saturated heterocycles. The van der Waals surface area contributed by atoms with Crippen LogP contribution in [0.5, 0.6) is 0 Å². The smallest absolute Gasteiger partial charge is 0.188 e. The Balaban J connectivity index is 2.03. The molecule has 1 aromatic heterocycles.